The van der Waals surface area contributed by atoms with Crippen molar-refractivity contribution in [1.82, 2.24) is 0 Å². The third kappa shape index (κ3) is 4.19. The normalized spacial score (nSPS) is 10.1. The lowest BCUT2D eigenvalue weighted by molar-refractivity contribution is -0.143. The summed E-state index contributed by atoms with van der Waals surface area (Å²) >= 11 is 5.80. The van der Waals surface area contributed by atoms with Gasteiger partial charge in [-0.1, -0.05) is 11.6 Å². The second-order valence-electron chi connectivity index (χ2n) is 3.69. The van der Waals surface area contributed by atoms with Crippen LogP contribution >= 0.6 is 11.6 Å². The van der Waals surface area contributed by atoms with Gasteiger partial charge in [0.15, 0.2) is 5.78 Å². The number of halogens is 1. The summed E-state index contributed by atoms with van der Waals surface area (Å²) in [6.07, 6.45) is 0.288. The smallest absolute Gasteiger partial charge is 0.306 e. The van der Waals surface area contributed by atoms with Crippen molar-refractivity contribution >= 4 is 23.4 Å². The number of Topliss-reactive ketones (excluding diaryl/α,β-unsaturated/α-hetero) is 1. The van der Waals surface area contributed by atoms with Crippen molar-refractivity contribution in [2.45, 2.75) is 26.7 Å². The molecule has 3 nitrogen and oxygen atoms in total. The first kappa shape index (κ1) is 13.7. The van der Waals surface area contributed by atoms with E-state index in [0.29, 0.717) is 17.2 Å². The number of ketones is 1. The van der Waals surface area contributed by atoms with Gasteiger partial charge in [-0.05, 0) is 37.6 Å². The van der Waals surface area contributed by atoms with Crippen molar-refractivity contribution in [2.24, 2.45) is 0 Å². The molecule has 0 amide bonds. The zero-order chi connectivity index (χ0) is 12.8. The van der Waals surface area contributed by atoms with Crippen molar-refractivity contribution in [1.29, 1.82) is 0 Å². The van der Waals surface area contributed by atoms with Gasteiger partial charge in [-0.3, -0.25) is 9.59 Å². The molecular formula is C13H15ClO3. The quantitative estimate of drug-likeness (QED) is 0.599. The molecule has 0 aliphatic heterocycles. The summed E-state index contributed by atoms with van der Waals surface area (Å²) in [5.41, 5.74) is 1.44. The lowest BCUT2D eigenvalue weighted by Crippen LogP contribution is -2.08. The van der Waals surface area contributed by atoms with Gasteiger partial charge in [-0.25, -0.2) is 0 Å². The zero-order valence-corrected chi connectivity index (χ0v) is 10.7. The standard InChI is InChI=1S/C13H15ClO3/c1-3-17-13(16)7-6-12(15)11-5-4-10(14)8-9(11)2/h4-5,8H,3,6-7H2,1-2H3. The van der Waals surface area contributed by atoms with Crippen LogP contribution in [0.3, 0.4) is 0 Å². The van der Waals surface area contributed by atoms with Gasteiger partial charge < -0.3 is 4.74 Å². The lowest BCUT2D eigenvalue weighted by atomic mass is 10.0. The number of hydrogen-bond donors (Lipinski definition) is 0. The van der Waals surface area contributed by atoms with E-state index in [1.807, 2.05) is 6.92 Å². The fraction of sp³-hybridized carbons (Fsp3) is 0.385. The van der Waals surface area contributed by atoms with Gasteiger partial charge in [0, 0.05) is 17.0 Å². The Morgan fingerprint density at radius 1 is 1.29 bits per heavy atom. The van der Waals surface area contributed by atoms with Crippen LogP contribution < -0.4 is 0 Å². The number of ether oxygens (including phenoxy) is 1. The molecule has 0 spiro atoms. The van der Waals surface area contributed by atoms with Crippen LogP contribution in [0.1, 0.15) is 35.7 Å². The van der Waals surface area contributed by atoms with Gasteiger partial charge in [0.1, 0.15) is 0 Å². The average molecular weight is 255 g/mol. The third-order valence-electron chi connectivity index (χ3n) is 2.35. The summed E-state index contributed by atoms with van der Waals surface area (Å²) < 4.78 is 4.77. The summed E-state index contributed by atoms with van der Waals surface area (Å²) in [4.78, 5) is 23.0. The van der Waals surface area contributed by atoms with E-state index < -0.39 is 0 Å². The van der Waals surface area contributed by atoms with E-state index in [9.17, 15) is 9.59 Å². The Balaban J connectivity index is 2.61. The molecule has 1 aromatic carbocycles. The average Bonchev–Trinajstić information content (AvgIpc) is 2.26. The first-order valence-electron chi connectivity index (χ1n) is 5.49. The molecule has 0 aliphatic rings. The second-order valence-corrected chi connectivity index (χ2v) is 4.12. The predicted molar refractivity (Wildman–Crippen MR) is 66.4 cm³/mol. The van der Waals surface area contributed by atoms with Crippen LogP contribution in [0, 0.1) is 6.92 Å². The molecule has 1 rings (SSSR count). The molecule has 4 heteroatoms. The summed E-state index contributed by atoms with van der Waals surface area (Å²) in [7, 11) is 0. The molecule has 0 fully saturated rings. The van der Waals surface area contributed by atoms with Gasteiger partial charge in [0.25, 0.3) is 0 Å². The largest absolute Gasteiger partial charge is 0.466 e. The number of carbonyl (C=O) groups is 2. The zero-order valence-electron chi connectivity index (χ0n) is 9.96. The Morgan fingerprint density at radius 2 is 2.00 bits per heavy atom. The molecule has 0 heterocycles. The molecule has 1 aromatic rings. The van der Waals surface area contributed by atoms with E-state index >= 15 is 0 Å². The maximum absolute atomic E-state index is 11.8. The highest BCUT2D eigenvalue weighted by atomic mass is 35.5. The molecular weight excluding hydrogens is 240 g/mol. The maximum atomic E-state index is 11.8. The minimum atomic E-state index is -0.340. The monoisotopic (exact) mass is 254 g/mol. The number of carbonyl (C=O) groups excluding carboxylic acids is 2. The summed E-state index contributed by atoms with van der Waals surface area (Å²) in [5.74, 6) is -0.403. The van der Waals surface area contributed by atoms with Crippen LogP contribution in [0.5, 0.6) is 0 Å². The van der Waals surface area contributed by atoms with Crippen molar-refractivity contribution in [2.75, 3.05) is 6.61 Å². The first-order chi connectivity index (χ1) is 8.04. The number of rotatable bonds is 5. The first-order valence-corrected chi connectivity index (χ1v) is 5.87. The Bertz CT molecular complexity index is 427. The Morgan fingerprint density at radius 3 is 2.59 bits per heavy atom. The van der Waals surface area contributed by atoms with Crippen LogP contribution in [-0.4, -0.2) is 18.4 Å². The topological polar surface area (TPSA) is 43.4 Å². The molecule has 92 valence electrons. The summed E-state index contributed by atoms with van der Waals surface area (Å²) in [6.45, 7) is 3.90. The van der Waals surface area contributed by atoms with Crippen LogP contribution in [-0.2, 0) is 9.53 Å². The van der Waals surface area contributed by atoms with Gasteiger partial charge in [-0.15, -0.1) is 0 Å². The molecule has 0 N–H and O–H groups in total. The molecule has 0 aromatic heterocycles. The van der Waals surface area contributed by atoms with E-state index in [2.05, 4.69) is 0 Å². The van der Waals surface area contributed by atoms with E-state index in [1.165, 1.54) is 0 Å². The Hall–Kier alpha value is -1.35. The molecule has 0 aliphatic carbocycles. The molecule has 0 radical (unpaired) electrons. The molecule has 0 bridgehead atoms. The predicted octanol–water partition coefficient (Wildman–Crippen LogP) is 3.17. The minimum Gasteiger partial charge on any atom is -0.466 e. The minimum absolute atomic E-state index is 0.0628. The number of hydrogen-bond acceptors (Lipinski definition) is 3. The SMILES string of the molecule is CCOC(=O)CCC(=O)c1ccc(Cl)cc1C. The third-order valence-corrected chi connectivity index (χ3v) is 2.59. The van der Waals surface area contributed by atoms with Crippen molar-refractivity contribution < 1.29 is 14.3 Å². The van der Waals surface area contributed by atoms with E-state index in [1.54, 1.807) is 25.1 Å². The molecule has 0 unspecified atom stereocenters. The molecule has 0 atom stereocenters. The maximum Gasteiger partial charge on any atom is 0.306 e. The highest BCUT2D eigenvalue weighted by molar-refractivity contribution is 6.30. The fourth-order valence-corrected chi connectivity index (χ4v) is 1.75. The highest BCUT2D eigenvalue weighted by Gasteiger charge is 2.12. The van der Waals surface area contributed by atoms with Crippen molar-refractivity contribution in [3.63, 3.8) is 0 Å². The van der Waals surface area contributed by atoms with Crippen molar-refractivity contribution in [3.8, 4) is 0 Å². The molecule has 0 saturated carbocycles. The number of esters is 1. The Kier molecular flexibility index (Phi) is 5.16. The van der Waals surface area contributed by atoms with Crippen LogP contribution in [0.15, 0.2) is 18.2 Å². The van der Waals surface area contributed by atoms with Gasteiger partial charge in [0.2, 0.25) is 0 Å². The van der Waals surface area contributed by atoms with E-state index in [-0.39, 0.29) is 24.6 Å². The fourth-order valence-electron chi connectivity index (χ4n) is 1.52. The summed E-state index contributed by atoms with van der Waals surface area (Å²) in [5, 5.41) is 0.601. The Labute approximate surface area is 106 Å². The van der Waals surface area contributed by atoms with Crippen LogP contribution in [0.25, 0.3) is 0 Å². The van der Waals surface area contributed by atoms with Gasteiger partial charge >= 0.3 is 5.97 Å². The second kappa shape index (κ2) is 6.40. The number of aryl methyl sites for hydroxylation is 1. The van der Waals surface area contributed by atoms with Crippen LogP contribution in [0.2, 0.25) is 5.02 Å². The number of benzene rings is 1. The van der Waals surface area contributed by atoms with E-state index in [4.69, 9.17) is 16.3 Å². The van der Waals surface area contributed by atoms with Gasteiger partial charge in [-0.2, -0.15) is 0 Å². The van der Waals surface area contributed by atoms with E-state index in [0.717, 1.165) is 5.56 Å². The van der Waals surface area contributed by atoms with Crippen LogP contribution in [0.4, 0.5) is 0 Å². The van der Waals surface area contributed by atoms with Gasteiger partial charge in [0.05, 0.1) is 13.0 Å². The summed E-state index contributed by atoms with van der Waals surface area (Å²) in [6, 6.07) is 5.09. The van der Waals surface area contributed by atoms with Crippen molar-refractivity contribution in [3.05, 3.63) is 34.3 Å². The molecule has 17 heavy (non-hydrogen) atoms. The highest BCUT2D eigenvalue weighted by Crippen LogP contribution is 2.17. The lowest BCUT2D eigenvalue weighted by Gasteiger charge is -2.05. The molecule has 0 saturated heterocycles.